The molecule has 2 nitrogen and oxygen atoms in total. The molecule has 88 valence electrons. The standard InChI is InChI=1S/C15H18N2/c1-13-5-3-7-15(16-13)8-4-6-14-9-11-17(2)12-10-14/h3,5-7H,9-12H2,1-2H3. The predicted octanol–water partition coefficient (Wildman–Crippen LogP) is 2.39. The van der Waals surface area contributed by atoms with E-state index >= 15 is 0 Å². The molecule has 2 heterocycles. The minimum absolute atomic E-state index is 0.856. The van der Waals surface area contributed by atoms with Crippen LogP contribution in [-0.4, -0.2) is 30.0 Å². The van der Waals surface area contributed by atoms with Crippen LogP contribution in [0.1, 0.15) is 24.2 Å². The molecule has 1 aromatic heterocycles. The molecule has 0 bridgehead atoms. The Bertz CT molecular complexity index is 467. The van der Waals surface area contributed by atoms with Crippen molar-refractivity contribution in [2.45, 2.75) is 19.8 Å². The maximum absolute atomic E-state index is 4.36. The van der Waals surface area contributed by atoms with Gasteiger partial charge < -0.3 is 4.90 Å². The third-order valence-electron chi connectivity index (χ3n) is 2.99. The molecular weight excluding hydrogens is 208 g/mol. The third-order valence-corrected chi connectivity index (χ3v) is 2.99. The highest BCUT2D eigenvalue weighted by Gasteiger charge is 2.08. The van der Waals surface area contributed by atoms with Crippen molar-refractivity contribution in [3.63, 3.8) is 0 Å². The molecule has 1 saturated heterocycles. The highest BCUT2D eigenvalue weighted by molar-refractivity contribution is 5.33. The molecule has 2 heteroatoms. The largest absolute Gasteiger partial charge is 0.306 e. The van der Waals surface area contributed by atoms with E-state index in [1.165, 1.54) is 5.57 Å². The maximum Gasteiger partial charge on any atom is 0.113 e. The summed E-state index contributed by atoms with van der Waals surface area (Å²) >= 11 is 0. The SMILES string of the molecule is Cc1cccc(C#CC=C2CCN(C)CC2)n1. The summed E-state index contributed by atoms with van der Waals surface area (Å²) in [4.78, 5) is 6.71. The second-order valence-corrected chi connectivity index (χ2v) is 4.54. The first kappa shape index (κ1) is 11.9. The monoisotopic (exact) mass is 226 g/mol. The first-order chi connectivity index (χ1) is 8.24. The molecule has 0 N–H and O–H groups in total. The summed E-state index contributed by atoms with van der Waals surface area (Å²) in [6.45, 7) is 4.28. The van der Waals surface area contributed by atoms with E-state index in [0.717, 1.165) is 37.3 Å². The molecule has 1 fully saturated rings. The zero-order valence-electron chi connectivity index (χ0n) is 10.5. The number of piperidine rings is 1. The van der Waals surface area contributed by atoms with Gasteiger partial charge in [0.25, 0.3) is 0 Å². The van der Waals surface area contributed by atoms with E-state index in [4.69, 9.17) is 0 Å². The lowest BCUT2D eigenvalue weighted by atomic mass is 10.0. The lowest BCUT2D eigenvalue weighted by molar-refractivity contribution is 0.312. The van der Waals surface area contributed by atoms with Crippen molar-refractivity contribution in [3.05, 3.63) is 41.2 Å². The van der Waals surface area contributed by atoms with Crippen LogP contribution in [-0.2, 0) is 0 Å². The van der Waals surface area contributed by atoms with Crippen molar-refractivity contribution in [1.29, 1.82) is 0 Å². The van der Waals surface area contributed by atoms with Gasteiger partial charge in [0.05, 0.1) is 0 Å². The molecule has 1 aliphatic rings. The Kier molecular flexibility index (Phi) is 3.95. The van der Waals surface area contributed by atoms with Crippen molar-refractivity contribution < 1.29 is 0 Å². The average Bonchev–Trinajstić information content (AvgIpc) is 2.32. The lowest BCUT2D eigenvalue weighted by Crippen LogP contribution is -2.26. The molecule has 0 aliphatic carbocycles. The van der Waals surface area contributed by atoms with E-state index in [2.05, 4.69) is 34.8 Å². The molecule has 0 amide bonds. The first-order valence-electron chi connectivity index (χ1n) is 6.06. The van der Waals surface area contributed by atoms with Gasteiger partial charge in [-0.25, -0.2) is 4.98 Å². The van der Waals surface area contributed by atoms with E-state index in [1.54, 1.807) is 0 Å². The number of hydrogen-bond donors (Lipinski definition) is 0. The number of rotatable bonds is 0. The predicted molar refractivity (Wildman–Crippen MR) is 70.7 cm³/mol. The molecule has 1 aliphatic heterocycles. The smallest absolute Gasteiger partial charge is 0.113 e. The summed E-state index contributed by atoms with van der Waals surface area (Å²) in [5.41, 5.74) is 3.33. The van der Waals surface area contributed by atoms with E-state index in [9.17, 15) is 0 Å². The van der Waals surface area contributed by atoms with Crippen LogP contribution in [0.15, 0.2) is 29.8 Å². The molecule has 0 unspecified atom stereocenters. The molecule has 17 heavy (non-hydrogen) atoms. The minimum atomic E-state index is 0.856. The number of hydrogen-bond acceptors (Lipinski definition) is 2. The van der Waals surface area contributed by atoms with Crippen molar-refractivity contribution in [2.75, 3.05) is 20.1 Å². The lowest BCUT2D eigenvalue weighted by Gasteiger charge is -2.23. The Morgan fingerprint density at radius 2 is 2.06 bits per heavy atom. The van der Waals surface area contributed by atoms with Crippen LogP contribution >= 0.6 is 0 Å². The summed E-state index contributed by atoms with van der Waals surface area (Å²) in [7, 11) is 2.17. The van der Waals surface area contributed by atoms with Gasteiger partial charge in [0.15, 0.2) is 0 Å². The van der Waals surface area contributed by atoms with E-state index in [-0.39, 0.29) is 0 Å². The Balaban J connectivity index is 2.00. The Morgan fingerprint density at radius 1 is 1.29 bits per heavy atom. The summed E-state index contributed by atoms with van der Waals surface area (Å²) < 4.78 is 0. The van der Waals surface area contributed by atoms with Crippen molar-refractivity contribution in [2.24, 2.45) is 0 Å². The highest BCUT2D eigenvalue weighted by atomic mass is 15.1. The topological polar surface area (TPSA) is 16.1 Å². The summed E-state index contributed by atoms with van der Waals surface area (Å²) in [5.74, 6) is 6.21. The number of pyridine rings is 1. The van der Waals surface area contributed by atoms with Gasteiger partial charge in [-0.3, -0.25) is 0 Å². The van der Waals surface area contributed by atoms with Gasteiger partial charge >= 0.3 is 0 Å². The fourth-order valence-corrected chi connectivity index (χ4v) is 1.87. The van der Waals surface area contributed by atoms with Crippen LogP contribution < -0.4 is 0 Å². The molecule has 2 rings (SSSR count). The number of likely N-dealkylation sites (tertiary alicyclic amines) is 1. The molecule has 0 atom stereocenters. The first-order valence-corrected chi connectivity index (χ1v) is 6.06. The van der Waals surface area contributed by atoms with Crippen LogP contribution in [0.4, 0.5) is 0 Å². The summed E-state index contributed by atoms with van der Waals surface area (Å²) in [5, 5.41) is 0. The van der Waals surface area contributed by atoms with E-state index in [1.807, 2.05) is 25.1 Å². The van der Waals surface area contributed by atoms with E-state index < -0.39 is 0 Å². The third kappa shape index (κ3) is 3.72. The van der Waals surface area contributed by atoms with E-state index in [0.29, 0.717) is 0 Å². The number of allylic oxidation sites excluding steroid dienone is 1. The number of aromatic nitrogens is 1. The van der Waals surface area contributed by atoms with Gasteiger partial charge in [-0.05, 0) is 50.9 Å². The minimum Gasteiger partial charge on any atom is -0.306 e. The second kappa shape index (κ2) is 5.65. The van der Waals surface area contributed by atoms with Gasteiger partial charge in [-0.15, -0.1) is 0 Å². The normalized spacial score (nSPS) is 16.2. The highest BCUT2D eigenvalue weighted by Crippen LogP contribution is 2.13. The molecule has 0 radical (unpaired) electrons. The van der Waals surface area contributed by atoms with Gasteiger partial charge in [0.2, 0.25) is 0 Å². The quantitative estimate of drug-likeness (QED) is 0.631. The molecule has 0 saturated carbocycles. The van der Waals surface area contributed by atoms with Gasteiger partial charge in [0.1, 0.15) is 5.69 Å². The molecule has 0 aromatic carbocycles. The van der Waals surface area contributed by atoms with Crippen molar-refractivity contribution >= 4 is 0 Å². The Morgan fingerprint density at radius 3 is 2.76 bits per heavy atom. The zero-order valence-corrected chi connectivity index (χ0v) is 10.5. The van der Waals surface area contributed by atoms with Crippen LogP contribution in [0.2, 0.25) is 0 Å². The van der Waals surface area contributed by atoms with Crippen molar-refractivity contribution in [1.82, 2.24) is 9.88 Å². The van der Waals surface area contributed by atoms with Crippen molar-refractivity contribution in [3.8, 4) is 11.8 Å². The second-order valence-electron chi connectivity index (χ2n) is 4.54. The fraction of sp³-hybridized carbons (Fsp3) is 0.400. The number of aryl methyl sites for hydroxylation is 1. The summed E-state index contributed by atoms with van der Waals surface area (Å²) in [6, 6.07) is 5.93. The summed E-state index contributed by atoms with van der Waals surface area (Å²) in [6.07, 6.45) is 4.36. The van der Waals surface area contributed by atoms with Crippen LogP contribution in [0.5, 0.6) is 0 Å². The Labute approximate surface area is 103 Å². The number of nitrogens with zero attached hydrogens (tertiary/aromatic N) is 2. The molecule has 0 spiro atoms. The van der Waals surface area contributed by atoms with Gasteiger partial charge in [-0.1, -0.05) is 17.6 Å². The van der Waals surface area contributed by atoms with Crippen LogP contribution in [0, 0.1) is 18.8 Å². The average molecular weight is 226 g/mol. The van der Waals surface area contributed by atoms with Crippen LogP contribution in [0.25, 0.3) is 0 Å². The maximum atomic E-state index is 4.36. The molecule has 1 aromatic rings. The van der Waals surface area contributed by atoms with Crippen LogP contribution in [0.3, 0.4) is 0 Å². The zero-order chi connectivity index (χ0) is 12.1. The fourth-order valence-electron chi connectivity index (χ4n) is 1.87. The Hall–Kier alpha value is -1.59. The molecular formula is C15H18N2. The van der Waals surface area contributed by atoms with Gasteiger partial charge in [0, 0.05) is 18.8 Å². The van der Waals surface area contributed by atoms with Gasteiger partial charge in [-0.2, -0.15) is 0 Å².